The van der Waals surface area contributed by atoms with Gasteiger partial charge in [0.15, 0.2) is 0 Å². The Kier molecular flexibility index (Phi) is 18.1. The number of hydrogen-bond acceptors (Lipinski definition) is 0. The van der Waals surface area contributed by atoms with E-state index in [4.69, 9.17) is 0 Å². The molecule has 0 aromatic heterocycles. The first-order chi connectivity index (χ1) is 8.50. The van der Waals surface area contributed by atoms with Gasteiger partial charge in [0.2, 0.25) is 0 Å². The van der Waals surface area contributed by atoms with Gasteiger partial charge in [-0.15, -0.1) is 0 Å². The van der Waals surface area contributed by atoms with Crippen molar-refractivity contribution in [1.29, 1.82) is 0 Å². The Bertz CT molecular complexity index is 321. The van der Waals surface area contributed by atoms with Gasteiger partial charge in [0, 0.05) is 0 Å². The van der Waals surface area contributed by atoms with Crippen LogP contribution < -0.4 is 12.4 Å². The first kappa shape index (κ1) is 20.3. The van der Waals surface area contributed by atoms with Crippen LogP contribution in [0.2, 0.25) is 0 Å². The molecule has 0 heterocycles. The van der Waals surface area contributed by atoms with Crippen molar-refractivity contribution < 1.29 is 38.6 Å². The summed E-state index contributed by atoms with van der Waals surface area (Å²) in [7, 11) is 0. The number of hydrogen-bond donors (Lipinski definition) is 0. The van der Waals surface area contributed by atoms with Crippen LogP contribution in [0.4, 0.5) is 0 Å². The summed E-state index contributed by atoms with van der Waals surface area (Å²) in [5.74, 6) is 0. The van der Waals surface area contributed by atoms with Crippen LogP contribution in [0.1, 0.15) is 0 Å². The van der Waals surface area contributed by atoms with Gasteiger partial charge in [0.1, 0.15) is 0 Å². The van der Waals surface area contributed by atoms with Gasteiger partial charge in [0.25, 0.3) is 0 Å². The van der Waals surface area contributed by atoms with Gasteiger partial charge in [-0.25, -0.2) is 12.1 Å². The molecule has 0 spiro atoms. The zero-order valence-electron chi connectivity index (χ0n) is 10.5. The van der Waals surface area contributed by atoms with Crippen molar-refractivity contribution in [2.75, 3.05) is 0 Å². The number of halogens is 1. The summed E-state index contributed by atoms with van der Waals surface area (Å²) in [4.78, 5) is 0. The van der Waals surface area contributed by atoms with E-state index in [1.807, 2.05) is 91.0 Å². The molecular weight excluding hydrogens is 331 g/mol. The topological polar surface area (TPSA) is 0 Å². The summed E-state index contributed by atoms with van der Waals surface area (Å²) < 4.78 is 0. The molecule has 0 fully saturated rings. The van der Waals surface area contributed by atoms with Crippen molar-refractivity contribution in [2.45, 2.75) is 0 Å². The standard InChI is InChI=1S/2C6H5.C5H5.ClH.Zr/c2*1-2-4-6-5-3-1;1-2-4-5-3-1;;/h2*1-5H;1-5H;1H;/q3*-1;;+4/p-1. The first-order valence-electron chi connectivity index (χ1n) is 5.49. The van der Waals surface area contributed by atoms with Crippen LogP contribution in [0.3, 0.4) is 0 Å². The summed E-state index contributed by atoms with van der Waals surface area (Å²) in [5, 5.41) is 0. The average Bonchev–Trinajstić information content (AvgIpc) is 3.03. The molecule has 3 aromatic rings. The summed E-state index contributed by atoms with van der Waals surface area (Å²) in [6.45, 7) is 0. The molecule has 0 aliphatic carbocycles. The second-order valence-electron chi connectivity index (χ2n) is 3.12. The summed E-state index contributed by atoms with van der Waals surface area (Å²) >= 11 is 0. The smallest absolute Gasteiger partial charge is 1.00 e. The second kappa shape index (κ2) is 17.0. The Labute approximate surface area is 141 Å². The van der Waals surface area contributed by atoms with Crippen LogP contribution in [-0.4, -0.2) is 0 Å². The normalized spacial score (nSPS) is 7.16. The maximum Gasteiger partial charge on any atom is 4.00 e. The van der Waals surface area contributed by atoms with Crippen LogP contribution >= 0.6 is 0 Å². The molecule has 0 radical (unpaired) electrons. The molecule has 0 nitrogen and oxygen atoms in total. The van der Waals surface area contributed by atoms with Gasteiger partial charge in [-0.1, -0.05) is 0 Å². The maximum absolute atomic E-state index is 2.89. The van der Waals surface area contributed by atoms with Crippen molar-refractivity contribution in [3.8, 4) is 0 Å². The molecule has 0 unspecified atom stereocenters. The zero-order chi connectivity index (χ0) is 12.0. The molecule has 0 atom stereocenters. The molecule has 0 saturated heterocycles. The molecule has 0 amide bonds. The van der Waals surface area contributed by atoms with Crippen molar-refractivity contribution in [3.63, 3.8) is 0 Å². The Morgan fingerprint density at radius 2 is 0.895 bits per heavy atom. The van der Waals surface area contributed by atoms with E-state index in [0.717, 1.165) is 0 Å². The van der Waals surface area contributed by atoms with Gasteiger partial charge < -0.3 is 12.4 Å². The van der Waals surface area contributed by atoms with Gasteiger partial charge in [0.05, 0.1) is 0 Å². The van der Waals surface area contributed by atoms with Crippen LogP contribution in [0.5, 0.6) is 0 Å². The Morgan fingerprint density at radius 3 is 1.00 bits per heavy atom. The predicted octanol–water partition coefficient (Wildman–Crippen LogP) is 1.38. The Hall–Kier alpha value is -1.04. The minimum absolute atomic E-state index is 0. The molecule has 0 N–H and O–H groups in total. The quantitative estimate of drug-likeness (QED) is 0.540. The molecule has 3 aromatic carbocycles. The van der Waals surface area contributed by atoms with E-state index in [1.165, 1.54) is 0 Å². The Balaban J connectivity index is 0. The average molecular weight is 346 g/mol. The van der Waals surface area contributed by atoms with E-state index in [2.05, 4.69) is 12.1 Å². The van der Waals surface area contributed by atoms with E-state index in [9.17, 15) is 0 Å². The van der Waals surface area contributed by atoms with Gasteiger partial charge in [-0.3, -0.25) is 0 Å². The second-order valence-corrected chi connectivity index (χ2v) is 3.12. The van der Waals surface area contributed by atoms with Crippen molar-refractivity contribution in [1.82, 2.24) is 0 Å². The summed E-state index contributed by atoms with van der Waals surface area (Å²) in [6.07, 6.45) is 0. The largest absolute Gasteiger partial charge is 4.00 e. The third-order valence-electron chi connectivity index (χ3n) is 1.77. The molecule has 0 bridgehead atoms. The number of benzene rings is 2. The zero-order valence-corrected chi connectivity index (χ0v) is 13.8. The summed E-state index contributed by atoms with van der Waals surface area (Å²) in [6, 6.07) is 35.0. The SMILES string of the molecule is [Cl-].[Zr+4].[c-]1ccccc1.[c-]1ccccc1.c1cc[cH-]c1. The van der Waals surface area contributed by atoms with E-state index in [0.29, 0.717) is 0 Å². The van der Waals surface area contributed by atoms with Gasteiger partial charge >= 0.3 is 26.2 Å². The molecule has 0 saturated carbocycles. The third kappa shape index (κ3) is 14.9. The third-order valence-corrected chi connectivity index (χ3v) is 1.77. The Morgan fingerprint density at radius 1 is 0.526 bits per heavy atom. The predicted molar refractivity (Wildman–Crippen MR) is 72.6 cm³/mol. The van der Waals surface area contributed by atoms with Crippen LogP contribution in [0, 0.1) is 12.1 Å². The van der Waals surface area contributed by atoms with Crippen LogP contribution in [0.25, 0.3) is 0 Å². The van der Waals surface area contributed by atoms with Crippen molar-refractivity contribution in [3.05, 3.63) is 103 Å². The molecule has 94 valence electrons. The van der Waals surface area contributed by atoms with E-state index < -0.39 is 0 Å². The maximum atomic E-state index is 2.89. The molecular formula is C17H15ClZr. The minimum atomic E-state index is 0. The van der Waals surface area contributed by atoms with Crippen molar-refractivity contribution in [2.24, 2.45) is 0 Å². The van der Waals surface area contributed by atoms with E-state index >= 15 is 0 Å². The van der Waals surface area contributed by atoms with E-state index in [-0.39, 0.29) is 38.6 Å². The fourth-order valence-corrected chi connectivity index (χ4v) is 1.00. The van der Waals surface area contributed by atoms with E-state index in [1.54, 1.807) is 0 Å². The molecule has 2 heteroatoms. The fraction of sp³-hybridized carbons (Fsp3) is 0. The monoisotopic (exact) mass is 344 g/mol. The van der Waals surface area contributed by atoms with Crippen LogP contribution in [0.15, 0.2) is 91.0 Å². The molecule has 19 heavy (non-hydrogen) atoms. The first-order valence-corrected chi connectivity index (χ1v) is 5.49. The fourth-order valence-electron chi connectivity index (χ4n) is 1.00. The molecule has 0 aliphatic heterocycles. The van der Waals surface area contributed by atoms with Gasteiger partial charge in [-0.05, 0) is 0 Å². The molecule has 0 aliphatic rings. The van der Waals surface area contributed by atoms with Gasteiger partial charge in [-0.2, -0.15) is 91.0 Å². The minimum Gasteiger partial charge on any atom is -1.00 e. The number of rotatable bonds is 0. The van der Waals surface area contributed by atoms with Crippen LogP contribution in [-0.2, 0) is 26.2 Å². The molecule has 3 rings (SSSR count). The van der Waals surface area contributed by atoms with Crippen molar-refractivity contribution >= 4 is 0 Å². The summed E-state index contributed by atoms with van der Waals surface area (Å²) in [5.41, 5.74) is 0.